The highest BCUT2D eigenvalue weighted by molar-refractivity contribution is 6.46. The van der Waals surface area contributed by atoms with E-state index in [9.17, 15) is 14.7 Å². The predicted octanol–water partition coefficient (Wildman–Crippen LogP) is 5.79. The molecule has 1 aliphatic rings. The fraction of sp³-hybridized carbons (Fsp3) is 0.233. The summed E-state index contributed by atoms with van der Waals surface area (Å²) in [7, 11) is 0. The second-order valence-corrected chi connectivity index (χ2v) is 10.3. The number of amides is 1. The van der Waals surface area contributed by atoms with Gasteiger partial charge < -0.3 is 15.0 Å². The van der Waals surface area contributed by atoms with Crippen molar-refractivity contribution in [1.29, 1.82) is 0 Å². The van der Waals surface area contributed by atoms with Crippen LogP contribution in [-0.4, -0.2) is 31.7 Å². The Morgan fingerprint density at radius 3 is 2.53 bits per heavy atom. The molecule has 182 valence electrons. The van der Waals surface area contributed by atoms with E-state index < -0.39 is 17.7 Å². The van der Waals surface area contributed by atoms with Crippen molar-refractivity contribution < 1.29 is 14.7 Å². The van der Waals surface area contributed by atoms with Crippen LogP contribution in [-0.2, 0) is 21.5 Å². The Labute approximate surface area is 210 Å². The fourth-order valence-electron chi connectivity index (χ4n) is 4.84. The second-order valence-electron chi connectivity index (χ2n) is 10.3. The van der Waals surface area contributed by atoms with E-state index in [1.165, 1.54) is 4.90 Å². The number of ketones is 1. The first-order chi connectivity index (χ1) is 17.2. The Bertz CT molecular complexity index is 1510. The van der Waals surface area contributed by atoms with Crippen LogP contribution in [0.4, 0.5) is 0 Å². The highest BCUT2D eigenvalue weighted by Crippen LogP contribution is 2.43. The molecule has 1 atom stereocenters. The number of Topliss-reactive ketones (excluding diaryl/α,β-unsaturated/α-hetero) is 1. The minimum Gasteiger partial charge on any atom is -0.507 e. The van der Waals surface area contributed by atoms with Crippen LogP contribution in [0.1, 0.15) is 54.8 Å². The third-order valence-electron chi connectivity index (χ3n) is 6.87. The van der Waals surface area contributed by atoms with E-state index in [2.05, 4.69) is 30.7 Å². The number of benzene rings is 2. The maximum absolute atomic E-state index is 13.5. The number of nitrogens with one attached hydrogen (secondary N) is 1. The van der Waals surface area contributed by atoms with Crippen LogP contribution >= 0.6 is 0 Å². The summed E-state index contributed by atoms with van der Waals surface area (Å²) in [6.45, 7) is 8.33. The van der Waals surface area contributed by atoms with Crippen LogP contribution in [0.2, 0.25) is 0 Å². The van der Waals surface area contributed by atoms with Gasteiger partial charge in [0.25, 0.3) is 11.7 Å². The SMILES string of the molecule is Cc1ccc(C(C)(C)C)cc1/C(O)=C1\C(=O)C(=O)N(Cc2ccccn2)C1c1c[nH]c2ccccc12. The molecule has 1 aliphatic heterocycles. The molecule has 1 fully saturated rings. The number of hydrogen-bond acceptors (Lipinski definition) is 4. The van der Waals surface area contributed by atoms with Crippen molar-refractivity contribution in [2.75, 3.05) is 0 Å². The molecule has 0 saturated carbocycles. The molecular formula is C30H29N3O3. The Hall–Kier alpha value is -4.19. The summed E-state index contributed by atoms with van der Waals surface area (Å²) in [6.07, 6.45) is 3.48. The molecule has 2 aromatic heterocycles. The number of aliphatic hydroxyl groups excluding tert-OH is 1. The van der Waals surface area contributed by atoms with Gasteiger partial charge in [0.05, 0.1) is 23.9 Å². The maximum atomic E-state index is 13.5. The topological polar surface area (TPSA) is 86.3 Å². The normalized spacial score (nSPS) is 17.8. The highest BCUT2D eigenvalue weighted by atomic mass is 16.3. The molecule has 5 rings (SSSR count). The molecule has 6 nitrogen and oxygen atoms in total. The molecular weight excluding hydrogens is 450 g/mol. The average Bonchev–Trinajstić information content (AvgIpc) is 3.38. The van der Waals surface area contributed by atoms with Crippen LogP contribution in [0.3, 0.4) is 0 Å². The number of carbonyl (C=O) groups is 2. The third-order valence-corrected chi connectivity index (χ3v) is 6.87. The van der Waals surface area contributed by atoms with Crippen LogP contribution in [0.15, 0.2) is 78.6 Å². The molecule has 2 aromatic carbocycles. The second kappa shape index (κ2) is 8.79. The van der Waals surface area contributed by atoms with Gasteiger partial charge in [0.2, 0.25) is 0 Å². The average molecular weight is 480 g/mol. The number of pyridine rings is 1. The summed E-state index contributed by atoms with van der Waals surface area (Å²) >= 11 is 0. The minimum absolute atomic E-state index is 0.0924. The number of nitrogens with zero attached hydrogens (tertiary/aromatic N) is 2. The van der Waals surface area contributed by atoms with Gasteiger partial charge in [-0.2, -0.15) is 0 Å². The van der Waals surface area contributed by atoms with Crippen LogP contribution in [0.25, 0.3) is 16.7 Å². The standard InChI is InChI=1S/C30H29N3O3/c1-18-12-13-19(30(2,3)4)15-22(18)27(34)25-26(23-16-32-24-11-6-5-10-21(23)24)33(29(36)28(25)35)17-20-9-7-8-14-31-20/h5-16,26,32,34H,17H2,1-4H3/b27-25+. The molecule has 4 aromatic rings. The molecule has 1 amide bonds. The molecule has 3 heterocycles. The van der Waals surface area contributed by atoms with Crippen molar-refractivity contribution in [2.24, 2.45) is 0 Å². The van der Waals surface area contributed by atoms with Gasteiger partial charge in [-0.1, -0.05) is 57.2 Å². The van der Waals surface area contributed by atoms with Crippen molar-refractivity contribution in [3.63, 3.8) is 0 Å². The number of aromatic nitrogens is 2. The number of aryl methyl sites for hydroxylation is 1. The number of para-hydroxylation sites is 1. The molecule has 0 radical (unpaired) electrons. The van der Waals surface area contributed by atoms with Gasteiger partial charge in [-0.15, -0.1) is 0 Å². The smallest absolute Gasteiger partial charge is 0.296 e. The van der Waals surface area contributed by atoms with E-state index in [4.69, 9.17) is 0 Å². The molecule has 1 saturated heterocycles. The van der Waals surface area contributed by atoms with Gasteiger partial charge in [-0.3, -0.25) is 14.6 Å². The largest absolute Gasteiger partial charge is 0.507 e. The van der Waals surface area contributed by atoms with E-state index in [-0.39, 0.29) is 23.3 Å². The van der Waals surface area contributed by atoms with Crippen LogP contribution in [0.5, 0.6) is 0 Å². The first-order valence-electron chi connectivity index (χ1n) is 12.0. The zero-order valence-corrected chi connectivity index (χ0v) is 20.9. The molecule has 36 heavy (non-hydrogen) atoms. The van der Waals surface area contributed by atoms with E-state index in [1.54, 1.807) is 12.3 Å². The van der Waals surface area contributed by atoms with Crippen LogP contribution < -0.4 is 0 Å². The summed E-state index contributed by atoms with van der Waals surface area (Å²) < 4.78 is 0. The number of aromatic amines is 1. The lowest BCUT2D eigenvalue weighted by Crippen LogP contribution is -2.29. The van der Waals surface area contributed by atoms with E-state index in [0.29, 0.717) is 11.3 Å². The maximum Gasteiger partial charge on any atom is 0.296 e. The number of hydrogen-bond donors (Lipinski definition) is 2. The number of carbonyl (C=O) groups excluding carboxylic acids is 2. The number of likely N-dealkylation sites (tertiary alicyclic amines) is 1. The first kappa shape index (κ1) is 23.5. The first-order valence-corrected chi connectivity index (χ1v) is 12.0. The number of H-pyrrole nitrogens is 1. The minimum atomic E-state index is -0.763. The van der Waals surface area contributed by atoms with Gasteiger partial charge in [0, 0.05) is 34.4 Å². The number of rotatable bonds is 4. The summed E-state index contributed by atoms with van der Waals surface area (Å²) in [5, 5.41) is 12.5. The van der Waals surface area contributed by atoms with E-state index in [1.807, 2.05) is 67.7 Å². The van der Waals surface area contributed by atoms with Crippen molar-refractivity contribution in [2.45, 2.75) is 45.7 Å². The molecule has 0 spiro atoms. The van der Waals surface area contributed by atoms with Gasteiger partial charge in [-0.25, -0.2) is 0 Å². The molecule has 0 aliphatic carbocycles. The molecule has 6 heteroatoms. The summed E-state index contributed by atoms with van der Waals surface area (Å²) in [5.41, 5.74) is 4.67. The lowest BCUT2D eigenvalue weighted by molar-refractivity contribution is -0.140. The van der Waals surface area contributed by atoms with Crippen molar-refractivity contribution in [1.82, 2.24) is 14.9 Å². The molecule has 1 unspecified atom stereocenters. The van der Waals surface area contributed by atoms with Crippen molar-refractivity contribution >= 4 is 28.4 Å². The summed E-state index contributed by atoms with van der Waals surface area (Å²) in [6, 6.07) is 18.3. The Morgan fingerprint density at radius 2 is 1.81 bits per heavy atom. The van der Waals surface area contributed by atoms with Gasteiger partial charge in [0.1, 0.15) is 5.76 Å². The Kier molecular flexibility index (Phi) is 5.75. The Balaban J connectivity index is 1.74. The third kappa shape index (κ3) is 3.98. The van der Waals surface area contributed by atoms with E-state index >= 15 is 0 Å². The van der Waals surface area contributed by atoms with Crippen molar-refractivity contribution in [3.05, 3.63) is 107 Å². The van der Waals surface area contributed by atoms with E-state index in [0.717, 1.165) is 27.6 Å². The highest BCUT2D eigenvalue weighted by Gasteiger charge is 2.47. The summed E-state index contributed by atoms with van der Waals surface area (Å²) in [5.74, 6) is -1.50. The van der Waals surface area contributed by atoms with Crippen molar-refractivity contribution in [3.8, 4) is 0 Å². The number of fused-ring (bicyclic) bond motifs is 1. The van der Waals surface area contributed by atoms with Gasteiger partial charge in [-0.05, 0) is 47.7 Å². The van der Waals surface area contributed by atoms with Gasteiger partial charge >= 0.3 is 0 Å². The monoisotopic (exact) mass is 479 g/mol. The molecule has 0 bridgehead atoms. The lowest BCUT2D eigenvalue weighted by atomic mass is 9.84. The molecule has 2 N–H and O–H groups in total. The number of aliphatic hydroxyl groups is 1. The Morgan fingerprint density at radius 1 is 1.06 bits per heavy atom. The zero-order valence-electron chi connectivity index (χ0n) is 20.9. The quantitative estimate of drug-likeness (QED) is 0.220. The lowest BCUT2D eigenvalue weighted by Gasteiger charge is -2.25. The fourth-order valence-corrected chi connectivity index (χ4v) is 4.84. The van der Waals surface area contributed by atoms with Gasteiger partial charge in [0.15, 0.2) is 0 Å². The van der Waals surface area contributed by atoms with Crippen LogP contribution in [0, 0.1) is 6.92 Å². The zero-order chi connectivity index (χ0) is 25.6. The summed E-state index contributed by atoms with van der Waals surface area (Å²) in [4.78, 5) is 36.0. The predicted molar refractivity (Wildman–Crippen MR) is 140 cm³/mol.